The number of hydrogen-bond donors (Lipinski definition) is 2. The van der Waals surface area contributed by atoms with E-state index in [2.05, 4.69) is 5.32 Å². The molecular formula is C21H27N3O4. The van der Waals surface area contributed by atoms with Crippen LogP contribution in [0.15, 0.2) is 30.5 Å². The van der Waals surface area contributed by atoms with Crippen molar-refractivity contribution in [3.05, 3.63) is 30.5 Å². The van der Waals surface area contributed by atoms with E-state index >= 15 is 0 Å². The Morgan fingerprint density at radius 1 is 1.14 bits per heavy atom. The van der Waals surface area contributed by atoms with E-state index in [1.807, 2.05) is 48.9 Å². The molecule has 1 aliphatic rings. The fourth-order valence-electron chi connectivity index (χ4n) is 3.93. The van der Waals surface area contributed by atoms with Gasteiger partial charge in [-0.25, -0.2) is 0 Å². The number of amides is 2. The third-order valence-corrected chi connectivity index (χ3v) is 5.61. The van der Waals surface area contributed by atoms with Crippen molar-refractivity contribution in [2.24, 2.45) is 11.8 Å². The Kier molecular flexibility index (Phi) is 6.02. The first-order chi connectivity index (χ1) is 13.4. The second-order valence-corrected chi connectivity index (χ2v) is 7.32. The highest BCUT2D eigenvalue weighted by atomic mass is 16.4. The fourth-order valence-corrected chi connectivity index (χ4v) is 3.93. The first kappa shape index (κ1) is 19.9. The molecule has 1 aromatic heterocycles. The molecule has 0 radical (unpaired) electrons. The lowest BCUT2D eigenvalue weighted by atomic mass is 10.0. The second-order valence-electron chi connectivity index (χ2n) is 7.32. The van der Waals surface area contributed by atoms with E-state index in [-0.39, 0.29) is 24.3 Å². The number of likely N-dealkylation sites (N-methyl/N-ethyl adjacent to an activating group) is 1. The van der Waals surface area contributed by atoms with Crippen LogP contribution < -0.4 is 5.32 Å². The lowest BCUT2D eigenvalue weighted by Crippen LogP contribution is -2.33. The van der Waals surface area contributed by atoms with Gasteiger partial charge in [-0.3, -0.25) is 14.4 Å². The molecule has 0 aliphatic heterocycles. The van der Waals surface area contributed by atoms with E-state index < -0.39 is 11.9 Å². The predicted molar refractivity (Wildman–Crippen MR) is 107 cm³/mol. The minimum absolute atomic E-state index is 0.0779. The van der Waals surface area contributed by atoms with Crippen molar-refractivity contribution in [3.8, 4) is 0 Å². The van der Waals surface area contributed by atoms with Crippen LogP contribution >= 0.6 is 0 Å². The molecule has 1 aliphatic carbocycles. The van der Waals surface area contributed by atoms with E-state index in [4.69, 9.17) is 5.11 Å². The van der Waals surface area contributed by atoms with Crippen molar-refractivity contribution in [3.63, 3.8) is 0 Å². The number of benzene rings is 1. The number of carbonyl (C=O) groups excluding carboxylic acids is 2. The molecule has 7 nitrogen and oxygen atoms in total. The van der Waals surface area contributed by atoms with Gasteiger partial charge in [-0.05, 0) is 57.4 Å². The van der Waals surface area contributed by atoms with Gasteiger partial charge in [0, 0.05) is 41.8 Å². The van der Waals surface area contributed by atoms with Crippen LogP contribution in [0.3, 0.4) is 0 Å². The van der Waals surface area contributed by atoms with E-state index in [1.165, 1.54) is 0 Å². The van der Waals surface area contributed by atoms with Crippen molar-refractivity contribution >= 4 is 34.4 Å². The molecule has 28 heavy (non-hydrogen) atoms. The molecule has 3 rings (SSSR count). The first-order valence-corrected chi connectivity index (χ1v) is 9.83. The first-order valence-electron chi connectivity index (χ1n) is 9.83. The van der Waals surface area contributed by atoms with Crippen molar-refractivity contribution in [2.45, 2.75) is 39.7 Å². The Morgan fingerprint density at radius 3 is 2.50 bits per heavy atom. The van der Waals surface area contributed by atoms with Crippen molar-refractivity contribution in [1.29, 1.82) is 0 Å². The Morgan fingerprint density at radius 2 is 1.86 bits per heavy atom. The Bertz CT molecular complexity index is 885. The summed E-state index contributed by atoms with van der Waals surface area (Å²) >= 11 is 0. The number of fused-ring (bicyclic) bond motifs is 1. The standard InChI is InChI=1S/C21H27N3O4/c1-3-23(4-2)19(25)13-24-10-9-14-12-17(7-8-18(14)24)22-20(26)15-5-6-16(11-15)21(27)28/h7-10,12,15-16H,3-6,11,13H2,1-2H3,(H,22,26)(H,27,28)/t15-,16+/m1/s1. The fraction of sp³-hybridized carbons (Fsp3) is 0.476. The van der Waals surface area contributed by atoms with Crippen LogP contribution in [0.2, 0.25) is 0 Å². The smallest absolute Gasteiger partial charge is 0.306 e. The number of carboxylic acid groups (broad SMARTS) is 1. The number of rotatable bonds is 7. The summed E-state index contributed by atoms with van der Waals surface area (Å²) in [6.07, 6.45) is 3.43. The Labute approximate surface area is 164 Å². The highest BCUT2D eigenvalue weighted by Gasteiger charge is 2.33. The number of hydrogen-bond acceptors (Lipinski definition) is 3. The van der Waals surface area contributed by atoms with Crippen LogP contribution in [0.1, 0.15) is 33.1 Å². The lowest BCUT2D eigenvalue weighted by Gasteiger charge is -2.19. The molecule has 0 saturated heterocycles. The van der Waals surface area contributed by atoms with E-state index in [1.54, 1.807) is 4.90 Å². The number of anilines is 1. The van der Waals surface area contributed by atoms with Gasteiger partial charge in [0.15, 0.2) is 0 Å². The van der Waals surface area contributed by atoms with Crippen LogP contribution in [-0.4, -0.2) is 45.4 Å². The normalized spacial score (nSPS) is 18.9. The SMILES string of the molecule is CCN(CC)C(=O)Cn1ccc2cc(NC(=O)[C@@H]3CC[C@H](C(=O)O)C3)ccc21. The predicted octanol–water partition coefficient (Wildman–Crippen LogP) is 2.95. The summed E-state index contributed by atoms with van der Waals surface area (Å²) < 4.78 is 1.91. The van der Waals surface area contributed by atoms with Crippen LogP contribution in [0, 0.1) is 11.8 Å². The second kappa shape index (κ2) is 8.46. The average Bonchev–Trinajstić information content (AvgIpc) is 3.30. The maximum absolute atomic E-state index is 12.5. The molecule has 1 heterocycles. The number of aromatic nitrogens is 1. The summed E-state index contributed by atoms with van der Waals surface area (Å²) in [7, 11) is 0. The van der Waals surface area contributed by atoms with Gasteiger partial charge in [0.2, 0.25) is 11.8 Å². The van der Waals surface area contributed by atoms with Gasteiger partial charge < -0.3 is 19.9 Å². The summed E-state index contributed by atoms with van der Waals surface area (Å²) in [5, 5.41) is 12.9. The number of carbonyl (C=O) groups is 3. The van der Waals surface area contributed by atoms with Gasteiger partial charge in [-0.2, -0.15) is 0 Å². The van der Waals surface area contributed by atoms with Gasteiger partial charge in [0.05, 0.1) is 5.92 Å². The van der Waals surface area contributed by atoms with E-state index in [0.29, 0.717) is 38.0 Å². The van der Waals surface area contributed by atoms with Crippen LogP contribution in [0.5, 0.6) is 0 Å². The molecule has 7 heteroatoms. The van der Waals surface area contributed by atoms with Crippen molar-refractivity contribution < 1.29 is 19.5 Å². The molecule has 1 saturated carbocycles. The van der Waals surface area contributed by atoms with Gasteiger partial charge in [-0.15, -0.1) is 0 Å². The molecule has 1 aromatic carbocycles. The zero-order chi connectivity index (χ0) is 20.3. The zero-order valence-corrected chi connectivity index (χ0v) is 16.4. The molecule has 0 spiro atoms. The zero-order valence-electron chi connectivity index (χ0n) is 16.4. The minimum atomic E-state index is -0.822. The number of aliphatic carboxylic acids is 1. The highest BCUT2D eigenvalue weighted by molar-refractivity contribution is 5.96. The van der Waals surface area contributed by atoms with Gasteiger partial charge >= 0.3 is 5.97 Å². The monoisotopic (exact) mass is 385 g/mol. The molecule has 1 fully saturated rings. The maximum atomic E-state index is 12.5. The summed E-state index contributed by atoms with van der Waals surface area (Å²) in [5.74, 6) is -1.55. The van der Waals surface area contributed by atoms with Crippen molar-refractivity contribution in [2.75, 3.05) is 18.4 Å². The van der Waals surface area contributed by atoms with Crippen molar-refractivity contribution in [1.82, 2.24) is 9.47 Å². The van der Waals surface area contributed by atoms with Crippen LogP contribution in [0.4, 0.5) is 5.69 Å². The summed E-state index contributed by atoms with van der Waals surface area (Å²) in [6, 6.07) is 7.53. The molecule has 0 bridgehead atoms. The summed E-state index contributed by atoms with van der Waals surface area (Å²) in [6.45, 7) is 5.60. The molecule has 2 amide bonds. The molecule has 0 unspecified atom stereocenters. The van der Waals surface area contributed by atoms with Gasteiger partial charge in [0.25, 0.3) is 0 Å². The van der Waals surface area contributed by atoms with Crippen LogP contribution in [-0.2, 0) is 20.9 Å². The molecular weight excluding hydrogens is 358 g/mol. The van der Waals surface area contributed by atoms with Gasteiger partial charge in [0.1, 0.15) is 6.54 Å². The maximum Gasteiger partial charge on any atom is 0.306 e. The Balaban J connectivity index is 1.68. The number of carboxylic acids is 1. The molecule has 2 aromatic rings. The number of nitrogens with one attached hydrogen (secondary N) is 1. The third-order valence-electron chi connectivity index (χ3n) is 5.61. The summed E-state index contributed by atoms with van der Waals surface area (Å²) in [5.41, 5.74) is 1.62. The minimum Gasteiger partial charge on any atom is -0.481 e. The quantitative estimate of drug-likeness (QED) is 0.767. The largest absolute Gasteiger partial charge is 0.481 e. The van der Waals surface area contributed by atoms with E-state index in [9.17, 15) is 14.4 Å². The average molecular weight is 385 g/mol. The van der Waals surface area contributed by atoms with Crippen LogP contribution in [0.25, 0.3) is 10.9 Å². The topological polar surface area (TPSA) is 91.6 Å². The molecule has 150 valence electrons. The number of nitrogens with zero attached hydrogens (tertiary/aromatic N) is 2. The Hall–Kier alpha value is -2.83. The lowest BCUT2D eigenvalue weighted by molar-refractivity contribution is -0.141. The summed E-state index contributed by atoms with van der Waals surface area (Å²) in [4.78, 5) is 37.7. The molecule has 2 N–H and O–H groups in total. The van der Waals surface area contributed by atoms with Gasteiger partial charge in [-0.1, -0.05) is 0 Å². The van der Waals surface area contributed by atoms with E-state index in [0.717, 1.165) is 10.9 Å². The highest BCUT2D eigenvalue weighted by Crippen LogP contribution is 2.32. The third kappa shape index (κ3) is 4.18. The molecule has 2 atom stereocenters.